The number of hydrogen-bond acceptors (Lipinski definition) is 15. The number of nitrogens with one attached hydrogen (secondary N) is 9. The summed E-state index contributed by atoms with van der Waals surface area (Å²) in [7, 11) is 1.26. The van der Waals surface area contributed by atoms with Crippen molar-refractivity contribution in [2.75, 3.05) is 40.0 Å². The van der Waals surface area contributed by atoms with Gasteiger partial charge in [-0.05, 0) is 29.7 Å². The maximum Gasteiger partial charge on any atom is 0.305 e. The van der Waals surface area contributed by atoms with Gasteiger partial charge < -0.3 is 78.4 Å². The summed E-state index contributed by atoms with van der Waals surface area (Å²) in [5.41, 5.74) is 6.18. The number of carbonyl (C=O) groups is 12. The number of benzene rings is 2. The fourth-order valence-corrected chi connectivity index (χ4v) is 6.69. The van der Waals surface area contributed by atoms with Crippen LogP contribution in [0.15, 0.2) is 79.9 Å². The Kier molecular flexibility index (Phi) is 27.5. The van der Waals surface area contributed by atoms with Gasteiger partial charge in [0, 0.05) is 33.2 Å². The van der Waals surface area contributed by atoms with Gasteiger partial charge in [0.1, 0.15) is 48.0 Å². The van der Waals surface area contributed by atoms with E-state index in [2.05, 4.69) is 61.0 Å². The molecular weight excluding hydrogens is 989 g/mol. The highest BCUT2D eigenvalue weighted by Crippen LogP contribution is 2.13. The number of phenolic OH excluding ortho intramolecular Hbond substituents is 1. The minimum Gasteiger partial charge on any atom is -0.508 e. The van der Waals surface area contributed by atoms with Crippen LogP contribution in [0.4, 0.5) is 0 Å². The van der Waals surface area contributed by atoms with E-state index in [0.717, 1.165) is 6.92 Å². The van der Waals surface area contributed by atoms with Crippen LogP contribution in [0.3, 0.4) is 0 Å². The van der Waals surface area contributed by atoms with E-state index in [1.807, 2.05) is 0 Å². The molecule has 0 spiro atoms. The Hall–Kier alpha value is -8.72. The topological polar surface area (TPSA) is 418 Å². The van der Waals surface area contributed by atoms with E-state index < -0.39 is 146 Å². The van der Waals surface area contributed by atoms with Crippen molar-refractivity contribution in [3.05, 3.63) is 91.0 Å². The number of amides is 10. The highest BCUT2D eigenvalue weighted by atomic mass is 16.5. The lowest BCUT2D eigenvalue weighted by atomic mass is 10.0. The molecular formula is C48H64N10O17. The average molecular weight is 1050 g/mol. The predicted molar refractivity (Wildman–Crippen MR) is 263 cm³/mol. The Morgan fingerprint density at radius 2 is 1.01 bits per heavy atom. The van der Waals surface area contributed by atoms with E-state index in [-0.39, 0.29) is 45.0 Å². The van der Waals surface area contributed by atoms with Gasteiger partial charge in [0.05, 0.1) is 45.8 Å². The molecule has 7 unspecified atom stereocenters. The smallest absolute Gasteiger partial charge is 0.305 e. The highest BCUT2D eigenvalue weighted by Gasteiger charge is 2.35. The normalized spacial score (nSPS) is 13.4. The summed E-state index contributed by atoms with van der Waals surface area (Å²) in [6, 6.07) is 2.36. The quantitative estimate of drug-likeness (QED) is 0.0232. The van der Waals surface area contributed by atoms with E-state index in [4.69, 9.17) is 15.2 Å². The first kappa shape index (κ1) is 62.4. The molecule has 14 N–H and O–H groups in total. The molecule has 0 saturated carbocycles. The van der Waals surface area contributed by atoms with Gasteiger partial charge in [-0.2, -0.15) is 0 Å². The van der Waals surface area contributed by atoms with Crippen molar-refractivity contribution < 1.29 is 82.3 Å². The van der Waals surface area contributed by atoms with Crippen molar-refractivity contribution in [1.82, 2.24) is 47.9 Å². The molecule has 75 heavy (non-hydrogen) atoms. The fourth-order valence-electron chi connectivity index (χ4n) is 6.69. The van der Waals surface area contributed by atoms with Crippen molar-refractivity contribution in [2.45, 2.75) is 87.7 Å². The van der Waals surface area contributed by atoms with Crippen LogP contribution in [0.25, 0.3) is 0 Å². The lowest BCUT2D eigenvalue weighted by Gasteiger charge is -2.26. The van der Waals surface area contributed by atoms with Crippen LogP contribution in [0.1, 0.15) is 43.7 Å². The van der Waals surface area contributed by atoms with Gasteiger partial charge in [-0.1, -0.05) is 54.6 Å². The van der Waals surface area contributed by atoms with Crippen molar-refractivity contribution in [2.24, 2.45) is 5.73 Å². The third-order valence-electron chi connectivity index (χ3n) is 10.3. The Bertz CT molecular complexity index is 2350. The standard InChI is InChI=1S/C48H64N10O17/c1-5-18-74-25-36(42(67)50-4)58-46(71)34(22-38(49)61)56-47(72)35(23-41(65)66)57-44(69)32(21-29-12-14-30(60)15-13-29)53-39(62)24-51-43(68)31(16-17-40(63)64)54-45(70)33(20-28-10-8-7-9-11-28)55-48(73)37(52-27(3)59)26-75-19-6-2/h5-15,31-37,60H,1-2,16-26H2,3-4H3,(H2,49,61)(H,50,67)(H,51,68)(H,52,59)(H,53,62)(H,54,70)(H,55,73)(H,56,72)(H,57,69)(H,58,71)(H,63,64)(H,65,66). The molecule has 2 aromatic rings. The molecule has 0 aliphatic rings. The van der Waals surface area contributed by atoms with Crippen molar-refractivity contribution in [3.63, 3.8) is 0 Å². The van der Waals surface area contributed by atoms with Crippen molar-refractivity contribution in [1.29, 1.82) is 0 Å². The molecule has 0 heterocycles. The van der Waals surface area contributed by atoms with E-state index in [0.29, 0.717) is 11.1 Å². The summed E-state index contributed by atoms with van der Waals surface area (Å²) in [5.74, 6) is -13.2. The second kappa shape index (κ2) is 33.1. The zero-order chi connectivity index (χ0) is 56.0. The van der Waals surface area contributed by atoms with Gasteiger partial charge >= 0.3 is 11.9 Å². The molecule has 7 atom stereocenters. The van der Waals surface area contributed by atoms with Gasteiger partial charge in [0.25, 0.3) is 0 Å². The van der Waals surface area contributed by atoms with Crippen LogP contribution in [-0.2, 0) is 79.8 Å². The van der Waals surface area contributed by atoms with Crippen LogP contribution in [0.5, 0.6) is 5.75 Å². The van der Waals surface area contributed by atoms with E-state index in [1.54, 1.807) is 30.3 Å². The van der Waals surface area contributed by atoms with Crippen LogP contribution >= 0.6 is 0 Å². The van der Waals surface area contributed by atoms with Crippen LogP contribution in [0, 0.1) is 0 Å². The van der Waals surface area contributed by atoms with Gasteiger partial charge in [0.15, 0.2) is 0 Å². The first-order valence-electron chi connectivity index (χ1n) is 23.1. The number of carboxylic acids is 2. The second-order valence-electron chi connectivity index (χ2n) is 16.4. The summed E-state index contributed by atoms with van der Waals surface area (Å²) >= 11 is 0. The number of ether oxygens (including phenoxy) is 2. The maximum absolute atomic E-state index is 14.0. The van der Waals surface area contributed by atoms with Crippen molar-refractivity contribution in [3.8, 4) is 5.75 Å². The molecule has 0 radical (unpaired) electrons. The lowest BCUT2D eigenvalue weighted by molar-refractivity contribution is -0.142. The van der Waals surface area contributed by atoms with Crippen LogP contribution < -0.4 is 53.6 Å². The van der Waals surface area contributed by atoms with Gasteiger partial charge in [-0.3, -0.25) is 57.5 Å². The molecule has 0 aliphatic carbocycles. The zero-order valence-corrected chi connectivity index (χ0v) is 41.2. The Morgan fingerprint density at radius 1 is 0.560 bits per heavy atom. The molecule has 0 fully saturated rings. The van der Waals surface area contributed by atoms with E-state index in [1.165, 1.54) is 43.5 Å². The monoisotopic (exact) mass is 1050 g/mol. The Balaban J connectivity index is 2.39. The first-order valence-corrected chi connectivity index (χ1v) is 23.1. The number of primary amides is 1. The molecule has 10 amide bonds. The number of carboxylic acid groups (broad SMARTS) is 2. The fraction of sp³-hybridized carbons (Fsp3) is 0.417. The predicted octanol–water partition coefficient (Wildman–Crippen LogP) is -3.93. The Labute approximate surface area is 430 Å². The number of aromatic hydroxyl groups is 1. The molecule has 27 nitrogen and oxygen atoms in total. The number of rotatable bonds is 35. The number of phenols is 1. The van der Waals surface area contributed by atoms with Gasteiger partial charge in [-0.25, -0.2) is 0 Å². The average Bonchev–Trinajstić information content (AvgIpc) is 3.35. The molecule has 408 valence electrons. The number of likely N-dealkylation sites (N-methyl/N-ethyl adjacent to an activating group) is 1. The molecule has 2 aromatic carbocycles. The molecule has 0 aromatic heterocycles. The summed E-state index contributed by atoms with van der Waals surface area (Å²) in [6.45, 7) is 6.56. The molecule has 0 aliphatic heterocycles. The summed E-state index contributed by atoms with van der Waals surface area (Å²) in [5, 5.41) is 50.0. The van der Waals surface area contributed by atoms with Crippen molar-refractivity contribution >= 4 is 71.0 Å². The summed E-state index contributed by atoms with van der Waals surface area (Å²) in [4.78, 5) is 156. The zero-order valence-electron chi connectivity index (χ0n) is 41.2. The Morgan fingerprint density at radius 3 is 1.51 bits per heavy atom. The van der Waals surface area contributed by atoms with E-state index in [9.17, 15) is 72.9 Å². The number of hydrogen-bond donors (Lipinski definition) is 13. The van der Waals surface area contributed by atoms with Gasteiger partial charge in [-0.15, -0.1) is 13.2 Å². The summed E-state index contributed by atoms with van der Waals surface area (Å²) in [6.07, 6.45) is -0.920. The number of carbonyl (C=O) groups excluding carboxylic acids is 10. The molecule has 2 rings (SSSR count). The van der Waals surface area contributed by atoms with Gasteiger partial charge in [0.2, 0.25) is 59.1 Å². The lowest BCUT2D eigenvalue weighted by Crippen LogP contribution is -2.60. The summed E-state index contributed by atoms with van der Waals surface area (Å²) < 4.78 is 10.6. The van der Waals surface area contributed by atoms with Crippen LogP contribution in [0.2, 0.25) is 0 Å². The van der Waals surface area contributed by atoms with Crippen LogP contribution in [-0.4, -0.2) is 169 Å². The largest absolute Gasteiger partial charge is 0.508 e. The third kappa shape index (κ3) is 24.5. The minimum atomic E-state index is -2.00. The molecule has 0 bridgehead atoms. The highest BCUT2D eigenvalue weighted by molar-refractivity contribution is 5.99. The maximum atomic E-state index is 14.0. The first-order chi connectivity index (χ1) is 35.6. The number of nitrogens with two attached hydrogens (primary N) is 1. The number of aliphatic carboxylic acids is 2. The SMILES string of the molecule is C=CCOCC(NC(C)=O)C(=O)NC(Cc1ccccc1)C(=O)NC(CCC(=O)O)C(=O)NCC(=O)NC(Cc1ccc(O)cc1)C(=O)NC(CC(=O)O)C(=O)NC(CC(N)=O)C(=O)NC(COCC=C)C(=O)NC. The second-order valence-corrected chi connectivity index (χ2v) is 16.4. The molecule has 0 saturated heterocycles. The third-order valence-corrected chi connectivity index (χ3v) is 10.3. The molecule has 27 heteroatoms. The minimum absolute atomic E-state index is 0.0160. The van der Waals surface area contributed by atoms with E-state index >= 15 is 0 Å².